The zero-order chi connectivity index (χ0) is 15.8. The first-order valence-electron chi connectivity index (χ1n) is 6.97. The molecule has 1 aromatic carbocycles. The number of rotatable bonds is 6. The van der Waals surface area contributed by atoms with Crippen LogP contribution in [0, 0.1) is 0 Å². The highest BCUT2D eigenvalue weighted by Gasteiger charge is 2.14. The molecule has 0 saturated carbocycles. The van der Waals surface area contributed by atoms with Crippen LogP contribution in [0.25, 0.3) is 0 Å². The van der Waals surface area contributed by atoms with E-state index in [-0.39, 0.29) is 12.6 Å². The van der Waals surface area contributed by atoms with E-state index in [4.69, 9.17) is 26.8 Å². The van der Waals surface area contributed by atoms with Gasteiger partial charge in [0.2, 0.25) is 0 Å². The number of aliphatic imine (C=N–C) groups is 1. The van der Waals surface area contributed by atoms with Gasteiger partial charge in [0.15, 0.2) is 5.83 Å². The fourth-order valence-electron chi connectivity index (χ4n) is 1.94. The molecule has 1 aliphatic rings. The molecule has 22 heavy (non-hydrogen) atoms. The fraction of sp³-hybridized carbons (Fsp3) is 0.400. The Morgan fingerprint density at radius 3 is 2.73 bits per heavy atom. The Balaban J connectivity index is 1.75. The number of hydrogen-bond donors (Lipinski definition) is 1. The van der Waals surface area contributed by atoms with Crippen LogP contribution in [-0.2, 0) is 16.1 Å². The van der Waals surface area contributed by atoms with Crippen molar-refractivity contribution in [2.24, 2.45) is 10.7 Å². The number of nitrogens with zero attached hydrogens (tertiary/aromatic N) is 2. The van der Waals surface area contributed by atoms with Crippen LogP contribution >= 0.6 is 11.6 Å². The molecule has 120 valence electrons. The van der Waals surface area contributed by atoms with Crippen molar-refractivity contribution in [3.05, 3.63) is 46.5 Å². The smallest absolute Gasteiger partial charge is 0.180 e. The van der Waals surface area contributed by atoms with E-state index >= 15 is 0 Å². The van der Waals surface area contributed by atoms with Crippen molar-refractivity contribution in [2.45, 2.75) is 6.61 Å². The highest BCUT2D eigenvalue weighted by molar-refractivity contribution is 6.30. The topological polar surface area (TPSA) is 60.1 Å². The lowest BCUT2D eigenvalue weighted by molar-refractivity contribution is 0.0520. The second-order valence-electron chi connectivity index (χ2n) is 4.75. The summed E-state index contributed by atoms with van der Waals surface area (Å²) >= 11 is 5.79. The molecule has 7 heteroatoms. The van der Waals surface area contributed by atoms with Crippen LogP contribution < -0.4 is 5.73 Å². The van der Waals surface area contributed by atoms with Crippen molar-refractivity contribution < 1.29 is 13.9 Å². The quantitative estimate of drug-likeness (QED) is 0.643. The normalized spacial score (nSPS) is 16.9. The number of ether oxygens (including phenoxy) is 2. The van der Waals surface area contributed by atoms with E-state index in [1.807, 2.05) is 12.1 Å². The molecule has 1 aliphatic heterocycles. The molecule has 1 heterocycles. The summed E-state index contributed by atoms with van der Waals surface area (Å²) in [7, 11) is 0. The van der Waals surface area contributed by atoms with Gasteiger partial charge in [0.1, 0.15) is 12.6 Å². The van der Waals surface area contributed by atoms with Gasteiger partial charge in [0.25, 0.3) is 0 Å². The van der Waals surface area contributed by atoms with Crippen LogP contribution in [0.15, 0.2) is 40.9 Å². The number of hydrogen-bond acceptors (Lipinski definition) is 5. The highest BCUT2D eigenvalue weighted by Crippen LogP contribution is 2.10. The summed E-state index contributed by atoms with van der Waals surface area (Å²) in [5.74, 6) is -0.471. The van der Waals surface area contributed by atoms with Gasteiger partial charge in [-0.15, -0.1) is 0 Å². The maximum Gasteiger partial charge on any atom is 0.180 e. The van der Waals surface area contributed by atoms with Gasteiger partial charge in [0, 0.05) is 18.1 Å². The average Bonchev–Trinajstić information content (AvgIpc) is 2.56. The first-order valence-corrected chi connectivity index (χ1v) is 7.34. The summed E-state index contributed by atoms with van der Waals surface area (Å²) in [6.07, 6.45) is 1.09. The van der Waals surface area contributed by atoms with Crippen molar-refractivity contribution in [3.63, 3.8) is 0 Å². The standard InChI is InChI=1S/C15H19ClFN3O2/c16-13-3-1-12(2-4-13)10-22-11-19-9-14(17)15(18)20-5-7-21-8-6-20/h1-4,9H,5-8,10-11,18H2/b15-14-,19-9-. The Hall–Kier alpha value is -1.63. The maximum absolute atomic E-state index is 13.8. The van der Waals surface area contributed by atoms with Crippen LogP contribution in [0.5, 0.6) is 0 Å². The van der Waals surface area contributed by atoms with Gasteiger partial charge in [-0.05, 0) is 17.7 Å². The number of halogens is 2. The molecule has 0 amide bonds. The minimum absolute atomic E-state index is 0.0619. The van der Waals surface area contributed by atoms with E-state index in [2.05, 4.69) is 4.99 Å². The van der Waals surface area contributed by atoms with Gasteiger partial charge in [-0.3, -0.25) is 4.99 Å². The zero-order valence-electron chi connectivity index (χ0n) is 12.2. The van der Waals surface area contributed by atoms with Gasteiger partial charge < -0.3 is 20.1 Å². The highest BCUT2D eigenvalue weighted by atomic mass is 35.5. The van der Waals surface area contributed by atoms with Gasteiger partial charge in [-0.1, -0.05) is 23.7 Å². The molecule has 0 unspecified atom stereocenters. The lowest BCUT2D eigenvalue weighted by Gasteiger charge is -2.28. The van der Waals surface area contributed by atoms with Crippen LogP contribution in [0.4, 0.5) is 4.39 Å². The molecule has 2 N–H and O–H groups in total. The Morgan fingerprint density at radius 1 is 1.36 bits per heavy atom. The second-order valence-corrected chi connectivity index (χ2v) is 5.18. The Labute approximate surface area is 134 Å². The summed E-state index contributed by atoms with van der Waals surface area (Å²) in [5.41, 5.74) is 6.72. The molecule has 0 aromatic heterocycles. The molecule has 1 aromatic rings. The van der Waals surface area contributed by atoms with Gasteiger partial charge in [-0.25, -0.2) is 4.39 Å². The van der Waals surface area contributed by atoms with Crippen LogP contribution in [0.3, 0.4) is 0 Å². The Morgan fingerprint density at radius 2 is 2.05 bits per heavy atom. The minimum atomic E-state index is -0.558. The van der Waals surface area contributed by atoms with E-state index < -0.39 is 5.83 Å². The summed E-state index contributed by atoms with van der Waals surface area (Å²) < 4.78 is 24.3. The Kier molecular flexibility index (Phi) is 6.64. The molecular formula is C15H19ClFN3O2. The van der Waals surface area contributed by atoms with Crippen molar-refractivity contribution in [3.8, 4) is 0 Å². The first kappa shape index (κ1) is 16.7. The van der Waals surface area contributed by atoms with Crippen molar-refractivity contribution in [2.75, 3.05) is 33.0 Å². The molecule has 5 nitrogen and oxygen atoms in total. The molecule has 2 rings (SSSR count). The van der Waals surface area contributed by atoms with E-state index in [1.54, 1.807) is 17.0 Å². The summed E-state index contributed by atoms with van der Waals surface area (Å²) in [6.45, 7) is 2.72. The van der Waals surface area contributed by atoms with E-state index in [1.165, 1.54) is 0 Å². The van der Waals surface area contributed by atoms with Gasteiger partial charge in [0.05, 0.1) is 26.0 Å². The number of nitrogens with two attached hydrogens (primary N) is 1. The van der Waals surface area contributed by atoms with Gasteiger partial charge >= 0.3 is 0 Å². The van der Waals surface area contributed by atoms with Crippen LogP contribution in [0.2, 0.25) is 5.02 Å². The maximum atomic E-state index is 13.8. The third-order valence-electron chi connectivity index (χ3n) is 3.15. The van der Waals surface area contributed by atoms with Crippen molar-refractivity contribution in [1.82, 2.24) is 4.90 Å². The van der Waals surface area contributed by atoms with Gasteiger partial charge in [-0.2, -0.15) is 0 Å². The fourth-order valence-corrected chi connectivity index (χ4v) is 2.06. The minimum Gasteiger partial charge on any atom is -0.383 e. The number of morpholine rings is 1. The largest absolute Gasteiger partial charge is 0.383 e. The third kappa shape index (κ3) is 5.29. The lowest BCUT2D eigenvalue weighted by Crippen LogP contribution is -2.39. The van der Waals surface area contributed by atoms with E-state index in [0.29, 0.717) is 37.9 Å². The monoisotopic (exact) mass is 327 g/mol. The van der Waals surface area contributed by atoms with E-state index in [0.717, 1.165) is 11.8 Å². The molecule has 1 saturated heterocycles. The predicted molar refractivity (Wildman–Crippen MR) is 84.3 cm³/mol. The summed E-state index contributed by atoms with van der Waals surface area (Å²) in [5, 5.41) is 0.674. The van der Waals surface area contributed by atoms with Crippen LogP contribution in [-0.4, -0.2) is 44.1 Å². The zero-order valence-corrected chi connectivity index (χ0v) is 12.9. The van der Waals surface area contributed by atoms with Crippen molar-refractivity contribution >= 4 is 17.8 Å². The SMILES string of the molecule is N/C(=C(F)\C=N/COCc1ccc(Cl)cc1)N1CCOCC1. The molecule has 1 fully saturated rings. The molecular weight excluding hydrogens is 309 g/mol. The van der Waals surface area contributed by atoms with E-state index in [9.17, 15) is 4.39 Å². The number of benzene rings is 1. The molecule has 0 aliphatic carbocycles. The molecule has 0 atom stereocenters. The first-order chi connectivity index (χ1) is 10.7. The Bertz CT molecular complexity index is 528. The third-order valence-corrected chi connectivity index (χ3v) is 3.40. The molecule has 0 bridgehead atoms. The second kappa shape index (κ2) is 8.73. The van der Waals surface area contributed by atoms with Crippen LogP contribution in [0.1, 0.15) is 5.56 Å². The molecule has 0 spiro atoms. The predicted octanol–water partition coefficient (Wildman–Crippen LogP) is 2.31. The molecule has 0 radical (unpaired) electrons. The lowest BCUT2D eigenvalue weighted by atomic mass is 10.2. The average molecular weight is 328 g/mol. The summed E-state index contributed by atoms with van der Waals surface area (Å²) in [6, 6.07) is 7.30. The summed E-state index contributed by atoms with van der Waals surface area (Å²) in [4.78, 5) is 5.61. The van der Waals surface area contributed by atoms with Crippen molar-refractivity contribution in [1.29, 1.82) is 0 Å². The number of allylic oxidation sites excluding steroid dienone is 1.